The van der Waals surface area contributed by atoms with E-state index in [9.17, 15) is 4.79 Å². The second-order valence-corrected chi connectivity index (χ2v) is 5.18. The minimum absolute atomic E-state index is 0.0698. The molecule has 0 radical (unpaired) electrons. The molecule has 0 aliphatic rings. The van der Waals surface area contributed by atoms with Crippen molar-refractivity contribution < 1.29 is 4.79 Å². The molecular formula is C16H26ClNO. The Morgan fingerprint density at radius 2 is 1.68 bits per heavy atom. The molecule has 0 bridgehead atoms. The van der Waals surface area contributed by atoms with Crippen LogP contribution in [-0.4, -0.2) is 30.3 Å². The zero-order chi connectivity index (χ0) is 15.0. The number of carbonyl (C=O) groups is 1. The summed E-state index contributed by atoms with van der Waals surface area (Å²) < 4.78 is 0. The van der Waals surface area contributed by atoms with E-state index >= 15 is 0 Å². The Bertz CT molecular complexity index is 373. The molecule has 0 aromatic heterocycles. The van der Waals surface area contributed by atoms with E-state index in [4.69, 9.17) is 11.6 Å². The molecule has 1 aromatic carbocycles. The van der Waals surface area contributed by atoms with Gasteiger partial charge in [0.05, 0.1) is 5.92 Å². The number of ketones is 1. The summed E-state index contributed by atoms with van der Waals surface area (Å²) in [5, 5.41) is 0.702. The second-order valence-electron chi connectivity index (χ2n) is 4.75. The van der Waals surface area contributed by atoms with Crippen LogP contribution in [0.1, 0.15) is 46.1 Å². The standard InChI is InChI=1S/C14H20ClNO.C2H6/c1-10(2)16(4)9-14(11(3)17)12-5-7-13(15)8-6-12;1-2/h5-8,10,14H,9H2,1-4H3;1-2H3. The number of carbonyl (C=O) groups excluding carboxylic acids is 1. The fraction of sp³-hybridized carbons (Fsp3) is 0.562. The van der Waals surface area contributed by atoms with Gasteiger partial charge in [-0.1, -0.05) is 37.6 Å². The fourth-order valence-corrected chi connectivity index (χ4v) is 1.79. The van der Waals surface area contributed by atoms with Crippen molar-refractivity contribution in [2.24, 2.45) is 0 Å². The molecule has 108 valence electrons. The van der Waals surface area contributed by atoms with Crippen LogP contribution in [0.15, 0.2) is 24.3 Å². The summed E-state index contributed by atoms with van der Waals surface area (Å²) in [5.41, 5.74) is 1.04. The predicted molar refractivity (Wildman–Crippen MR) is 84.0 cm³/mol. The van der Waals surface area contributed by atoms with Gasteiger partial charge in [0, 0.05) is 17.6 Å². The summed E-state index contributed by atoms with van der Waals surface area (Å²) in [7, 11) is 2.04. The van der Waals surface area contributed by atoms with Gasteiger partial charge in [-0.05, 0) is 45.5 Å². The van der Waals surface area contributed by atoms with Gasteiger partial charge in [0.1, 0.15) is 5.78 Å². The number of nitrogens with zero attached hydrogens (tertiary/aromatic N) is 1. The van der Waals surface area contributed by atoms with Gasteiger partial charge in [0.25, 0.3) is 0 Å². The third-order valence-electron chi connectivity index (χ3n) is 3.12. The van der Waals surface area contributed by atoms with Crippen molar-refractivity contribution in [1.82, 2.24) is 4.90 Å². The van der Waals surface area contributed by atoms with Gasteiger partial charge in [-0.25, -0.2) is 0 Å². The predicted octanol–water partition coefficient (Wildman–Crippen LogP) is 4.38. The maximum absolute atomic E-state index is 11.7. The molecule has 0 saturated heterocycles. The summed E-state index contributed by atoms with van der Waals surface area (Å²) in [4.78, 5) is 13.9. The average molecular weight is 284 g/mol. The average Bonchev–Trinajstić information content (AvgIpc) is 2.38. The summed E-state index contributed by atoms with van der Waals surface area (Å²) >= 11 is 5.86. The van der Waals surface area contributed by atoms with Crippen molar-refractivity contribution in [2.45, 2.75) is 46.6 Å². The van der Waals surface area contributed by atoms with Crippen molar-refractivity contribution >= 4 is 17.4 Å². The molecule has 0 N–H and O–H groups in total. The zero-order valence-corrected chi connectivity index (χ0v) is 13.7. The number of benzene rings is 1. The molecule has 0 saturated carbocycles. The van der Waals surface area contributed by atoms with Crippen LogP contribution < -0.4 is 0 Å². The Hall–Kier alpha value is -0.860. The van der Waals surface area contributed by atoms with Crippen molar-refractivity contribution in [3.05, 3.63) is 34.9 Å². The molecule has 0 aliphatic heterocycles. The molecule has 1 aromatic rings. The lowest BCUT2D eigenvalue weighted by atomic mass is 9.94. The molecule has 3 heteroatoms. The van der Waals surface area contributed by atoms with Crippen LogP contribution in [0.25, 0.3) is 0 Å². The number of hydrogen-bond donors (Lipinski definition) is 0. The molecular weight excluding hydrogens is 258 g/mol. The Balaban J connectivity index is 0.00000154. The molecule has 0 fully saturated rings. The number of rotatable bonds is 5. The summed E-state index contributed by atoms with van der Waals surface area (Å²) in [6.07, 6.45) is 0. The smallest absolute Gasteiger partial charge is 0.138 e. The van der Waals surface area contributed by atoms with E-state index in [1.165, 1.54) is 0 Å². The van der Waals surface area contributed by atoms with Gasteiger partial charge in [-0.15, -0.1) is 0 Å². The highest BCUT2D eigenvalue weighted by molar-refractivity contribution is 6.30. The molecule has 1 unspecified atom stereocenters. The van der Waals surface area contributed by atoms with E-state index in [1.54, 1.807) is 6.92 Å². The van der Waals surface area contributed by atoms with Crippen molar-refractivity contribution in [1.29, 1.82) is 0 Å². The molecule has 0 spiro atoms. The van der Waals surface area contributed by atoms with Gasteiger partial charge >= 0.3 is 0 Å². The maximum Gasteiger partial charge on any atom is 0.138 e. The van der Waals surface area contributed by atoms with Crippen LogP contribution in [0.2, 0.25) is 5.02 Å². The first-order chi connectivity index (χ1) is 8.91. The Labute approximate surface area is 122 Å². The van der Waals surface area contributed by atoms with E-state index in [2.05, 4.69) is 18.7 Å². The highest BCUT2D eigenvalue weighted by atomic mass is 35.5. The Kier molecular flexibility index (Phi) is 8.70. The first-order valence-electron chi connectivity index (χ1n) is 6.88. The van der Waals surface area contributed by atoms with E-state index in [1.807, 2.05) is 45.2 Å². The SMILES string of the molecule is CC.CC(=O)C(CN(C)C(C)C)c1ccc(Cl)cc1. The van der Waals surface area contributed by atoms with E-state index < -0.39 is 0 Å². The maximum atomic E-state index is 11.7. The largest absolute Gasteiger partial charge is 0.303 e. The van der Waals surface area contributed by atoms with E-state index in [0.29, 0.717) is 11.1 Å². The minimum Gasteiger partial charge on any atom is -0.303 e. The molecule has 1 rings (SSSR count). The second kappa shape index (κ2) is 9.11. The van der Waals surface area contributed by atoms with Gasteiger partial charge in [0.15, 0.2) is 0 Å². The zero-order valence-electron chi connectivity index (χ0n) is 12.9. The van der Waals surface area contributed by atoms with Crippen molar-refractivity contribution in [3.63, 3.8) is 0 Å². The van der Waals surface area contributed by atoms with Crippen LogP contribution in [-0.2, 0) is 4.79 Å². The fourth-order valence-electron chi connectivity index (χ4n) is 1.66. The molecule has 2 nitrogen and oxygen atoms in total. The lowest BCUT2D eigenvalue weighted by Gasteiger charge is -2.25. The Morgan fingerprint density at radius 3 is 2.05 bits per heavy atom. The highest BCUT2D eigenvalue weighted by Crippen LogP contribution is 2.21. The number of Topliss-reactive ketones (excluding diaryl/α,β-unsaturated/α-hetero) is 1. The quantitative estimate of drug-likeness (QED) is 0.799. The van der Waals surface area contributed by atoms with Crippen LogP contribution in [0, 0.1) is 0 Å². The number of hydrogen-bond acceptors (Lipinski definition) is 2. The third-order valence-corrected chi connectivity index (χ3v) is 3.37. The summed E-state index contributed by atoms with van der Waals surface area (Å²) in [6.45, 7) is 10.6. The van der Waals surface area contributed by atoms with Crippen LogP contribution >= 0.6 is 11.6 Å². The first-order valence-corrected chi connectivity index (χ1v) is 7.25. The van der Waals surface area contributed by atoms with E-state index in [0.717, 1.165) is 12.1 Å². The molecule has 1 atom stereocenters. The molecule has 0 aliphatic carbocycles. The molecule has 19 heavy (non-hydrogen) atoms. The third kappa shape index (κ3) is 6.22. The monoisotopic (exact) mass is 283 g/mol. The summed E-state index contributed by atoms with van der Waals surface area (Å²) in [5.74, 6) is 0.125. The van der Waals surface area contributed by atoms with Crippen molar-refractivity contribution in [2.75, 3.05) is 13.6 Å². The van der Waals surface area contributed by atoms with Crippen LogP contribution in [0.3, 0.4) is 0 Å². The first kappa shape index (κ1) is 18.1. The Morgan fingerprint density at radius 1 is 1.21 bits per heavy atom. The molecule has 0 amide bonds. The number of halogens is 1. The highest BCUT2D eigenvalue weighted by Gasteiger charge is 2.19. The topological polar surface area (TPSA) is 20.3 Å². The number of likely N-dealkylation sites (N-methyl/N-ethyl adjacent to an activating group) is 1. The lowest BCUT2D eigenvalue weighted by molar-refractivity contribution is -0.118. The minimum atomic E-state index is -0.0698. The van der Waals surface area contributed by atoms with Gasteiger partial charge in [0.2, 0.25) is 0 Å². The van der Waals surface area contributed by atoms with Gasteiger partial charge in [-0.2, -0.15) is 0 Å². The van der Waals surface area contributed by atoms with Gasteiger partial charge < -0.3 is 4.90 Å². The molecule has 0 heterocycles. The van der Waals surface area contributed by atoms with Crippen LogP contribution in [0.5, 0.6) is 0 Å². The van der Waals surface area contributed by atoms with Gasteiger partial charge in [-0.3, -0.25) is 4.79 Å². The normalized spacial score (nSPS) is 12.1. The van der Waals surface area contributed by atoms with E-state index in [-0.39, 0.29) is 11.7 Å². The van der Waals surface area contributed by atoms with Crippen LogP contribution in [0.4, 0.5) is 0 Å². The lowest BCUT2D eigenvalue weighted by Crippen LogP contribution is -2.33. The van der Waals surface area contributed by atoms with Crippen molar-refractivity contribution in [3.8, 4) is 0 Å². The summed E-state index contributed by atoms with van der Waals surface area (Å²) in [6, 6.07) is 7.97.